The van der Waals surface area contributed by atoms with E-state index >= 15 is 0 Å². The molecule has 194 valence electrons. The Labute approximate surface area is 222 Å². The van der Waals surface area contributed by atoms with Crippen LogP contribution in [0.3, 0.4) is 0 Å². The molecule has 0 radical (unpaired) electrons. The van der Waals surface area contributed by atoms with E-state index in [9.17, 15) is 4.79 Å². The fourth-order valence-corrected chi connectivity index (χ4v) is 4.74. The highest BCUT2D eigenvalue weighted by Crippen LogP contribution is 2.41. The summed E-state index contributed by atoms with van der Waals surface area (Å²) in [6.45, 7) is 0. The summed E-state index contributed by atoms with van der Waals surface area (Å²) in [6.07, 6.45) is 0. The molecule has 0 spiro atoms. The molecule has 0 fully saturated rings. The van der Waals surface area contributed by atoms with Crippen molar-refractivity contribution in [3.63, 3.8) is 0 Å². The Balaban J connectivity index is 1.51. The van der Waals surface area contributed by atoms with E-state index in [2.05, 4.69) is 10.2 Å². The molecule has 2 heterocycles. The van der Waals surface area contributed by atoms with Crippen LogP contribution in [0, 0.1) is 0 Å². The van der Waals surface area contributed by atoms with Gasteiger partial charge in [0.25, 0.3) is 10.8 Å². The molecule has 0 aliphatic carbocycles. The first-order valence-corrected chi connectivity index (χ1v) is 12.5. The number of ether oxygens (including phenoxy) is 4. The smallest absolute Gasteiger partial charge is 0.277 e. The Hall–Kier alpha value is -4.51. The zero-order valence-electron chi connectivity index (χ0n) is 21.1. The van der Waals surface area contributed by atoms with Crippen LogP contribution in [-0.4, -0.2) is 48.2 Å². The first-order chi connectivity index (χ1) is 18.6. The van der Waals surface area contributed by atoms with E-state index in [0.717, 1.165) is 0 Å². The van der Waals surface area contributed by atoms with Crippen molar-refractivity contribution >= 4 is 22.7 Å². The van der Waals surface area contributed by atoms with Crippen LogP contribution in [-0.2, 0) is 5.75 Å². The molecule has 0 atom stereocenters. The van der Waals surface area contributed by atoms with E-state index in [-0.39, 0.29) is 17.2 Å². The molecule has 0 amide bonds. The number of aromatic nitrogens is 4. The van der Waals surface area contributed by atoms with Crippen molar-refractivity contribution in [1.29, 1.82) is 0 Å². The minimum Gasteiger partial charge on any atom is -0.495 e. The number of hydrogen-bond donors (Lipinski definition) is 0. The van der Waals surface area contributed by atoms with Gasteiger partial charge in [0, 0.05) is 5.56 Å². The summed E-state index contributed by atoms with van der Waals surface area (Å²) >= 11 is 1.27. The Morgan fingerprint density at radius 3 is 2.24 bits per heavy atom. The SMILES string of the molecule is COc1ccccc1-n1c(CSc2nnc(-c3cc(OC)c(OC)c(OC)c3)o2)nc2ccccc2c1=O. The third-order valence-electron chi connectivity index (χ3n) is 5.81. The highest BCUT2D eigenvalue weighted by molar-refractivity contribution is 7.98. The van der Waals surface area contributed by atoms with Crippen molar-refractivity contribution in [3.05, 3.63) is 76.8 Å². The largest absolute Gasteiger partial charge is 0.495 e. The van der Waals surface area contributed by atoms with Gasteiger partial charge in [-0.25, -0.2) is 4.98 Å². The molecular formula is C27H24N4O6S. The maximum atomic E-state index is 13.6. The fourth-order valence-electron chi connectivity index (χ4n) is 4.05. The molecule has 0 aliphatic rings. The summed E-state index contributed by atoms with van der Waals surface area (Å²) in [5, 5.41) is 9.17. The van der Waals surface area contributed by atoms with E-state index < -0.39 is 0 Å². The van der Waals surface area contributed by atoms with E-state index in [0.29, 0.717) is 56.2 Å². The first-order valence-electron chi connectivity index (χ1n) is 11.5. The van der Waals surface area contributed by atoms with Crippen LogP contribution in [0.2, 0.25) is 0 Å². The van der Waals surface area contributed by atoms with Crippen molar-refractivity contribution in [2.75, 3.05) is 28.4 Å². The van der Waals surface area contributed by atoms with Gasteiger partial charge in [-0.3, -0.25) is 9.36 Å². The first kappa shape index (κ1) is 25.2. The van der Waals surface area contributed by atoms with Crippen molar-refractivity contribution in [2.45, 2.75) is 11.0 Å². The van der Waals surface area contributed by atoms with Gasteiger partial charge in [-0.1, -0.05) is 36.0 Å². The molecule has 0 bridgehead atoms. The van der Waals surface area contributed by atoms with Crippen LogP contribution in [0.1, 0.15) is 5.82 Å². The van der Waals surface area contributed by atoms with Crippen LogP contribution in [0.5, 0.6) is 23.0 Å². The monoisotopic (exact) mass is 532 g/mol. The van der Waals surface area contributed by atoms with Crippen LogP contribution in [0.25, 0.3) is 28.0 Å². The van der Waals surface area contributed by atoms with Gasteiger partial charge in [-0.2, -0.15) is 0 Å². The summed E-state index contributed by atoms with van der Waals surface area (Å²) in [4.78, 5) is 18.3. The van der Waals surface area contributed by atoms with Crippen LogP contribution in [0.4, 0.5) is 0 Å². The number of para-hydroxylation sites is 3. The molecule has 38 heavy (non-hydrogen) atoms. The summed E-state index contributed by atoms with van der Waals surface area (Å²) in [6, 6.07) is 18.0. The van der Waals surface area contributed by atoms with Gasteiger partial charge in [0.05, 0.1) is 50.8 Å². The maximum absolute atomic E-state index is 13.6. The average Bonchev–Trinajstić information content (AvgIpc) is 3.44. The summed E-state index contributed by atoms with van der Waals surface area (Å²) in [5.41, 5.74) is 1.60. The van der Waals surface area contributed by atoms with Gasteiger partial charge < -0.3 is 23.4 Å². The fraction of sp³-hybridized carbons (Fsp3) is 0.185. The lowest BCUT2D eigenvalue weighted by atomic mass is 10.2. The van der Waals surface area contributed by atoms with E-state index in [1.807, 2.05) is 36.4 Å². The molecule has 5 rings (SSSR count). The third kappa shape index (κ3) is 4.63. The number of methoxy groups -OCH3 is 4. The predicted octanol–water partition coefficient (Wildman–Crippen LogP) is 4.76. The highest BCUT2D eigenvalue weighted by atomic mass is 32.2. The number of hydrogen-bond acceptors (Lipinski definition) is 10. The van der Waals surface area contributed by atoms with Gasteiger partial charge in [0.1, 0.15) is 11.6 Å². The Morgan fingerprint density at radius 2 is 1.53 bits per heavy atom. The second-order valence-electron chi connectivity index (χ2n) is 7.93. The van der Waals surface area contributed by atoms with Crippen molar-refractivity contribution in [3.8, 4) is 40.1 Å². The standard InChI is InChI=1S/C27H24N4O6S/c1-33-20-12-8-7-11-19(20)31-23(28-18-10-6-5-9-17(18)26(31)32)15-38-27-30-29-25(37-27)16-13-21(34-2)24(36-4)22(14-16)35-3/h5-14H,15H2,1-4H3. The molecule has 0 unspecified atom stereocenters. The van der Waals surface area contributed by atoms with Crippen LogP contribution in [0.15, 0.2) is 75.1 Å². The molecule has 11 heteroatoms. The lowest BCUT2D eigenvalue weighted by molar-refractivity contribution is 0.324. The summed E-state index contributed by atoms with van der Waals surface area (Å²) in [7, 11) is 6.17. The zero-order valence-corrected chi connectivity index (χ0v) is 21.9. The quantitative estimate of drug-likeness (QED) is 0.246. The lowest BCUT2D eigenvalue weighted by Crippen LogP contribution is -2.24. The van der Waals surface area contributed by atoms with Gasteiger partial charge in [0.15, 0.2) is 11.5 Å². The highest BCUT2D eigenvalue weighted by Gasteiger charge is 2.20. The molecule has 2 aromatic heterocycles. The summed E-state index contributed by atoms with van der Waals surface area (Å²) < 4.78 is 29.2. The average molecular weight is 533 g/mol. The summed E-state index contributed by atoms with van der Waals surface area (Å²) in [5.74, 6) is 3.03. The van der Waals surface area contributed by atoms with Gasteiger partial charge in [-0.15, -0.1) is 10.2 Å². The third-order valence-corrected chi connectivity index (χ3v) is 6.63. The number of thioether (sulfide) groups is 1. The van der Waals surface area contributed by atoms with E-state index in [4.69, 9.17) is 28.3 Å². The molecule has 10 nitrogen and oxygen atoms in total. The molecule has 3 aromatic carbocycles. The second kappa shape index (κ2) is 10.9. The van der Waals surface area contributed by atoms with Gasteiger partial charge in [0.2, 0.25) is 11.6 Å². The van der Waals surface area contributed by atoms with E-state index in [1.165, 1.54) is 33.1 Å². The lowest BCUT2D eigenvalue weighted by Gasteiger charge is -2.15. The number of fused-ring (bicyclic) bond motifs is 1. The van der Waals surface area contributed by atoms with Crippen molar-refractivity contribution in [1.82, 2.24) is 19.7 Å². The molecule has 0 saturated heterocycles. The molecule has 0 N–H and O–H groups in total. The predicted molar refractivity (Wildman–Crippen MR) is 143 cm³/mol. The normalized spacial score (nSPS) is 10.9. The van der Waals surface area contributed by atoms with E-state index in [1.54, 1.807) is 35.9 Å². The Morgan fingerprint density at radius 1 is 0.842 bits per heavy atom. The van der Waals surface area contributed by atoms with Crippen molar-refractivity contribution in [2.24, 2.45) is 0 Å². The second-order valence-corrected chi connectivity index (χ2v) is 8.86. The number of rotatable bonds is 9. The maximum Gasteiger partial charge on any atom is 0.277 e. The minimum atomic E-state index is -0.195. The van der Waals surface area contributed by atoms with Gasteiger partial charge in [-0.05, 0) is 36.4 Å². The minimum absolute atomic E-state index is 0.195. The van der Waals surface area contributed by atoms with Crippen LogP contribution >= 0.6 is 11.8 Å². The molecule has 0 saturated carbocycles. The molecule has 0 aliphatic heterocycles. The molecule has 5 aromatic rings. The van der Waals surface area contributed by atoms with Crippen molar-refractivity contribution < 1.29 is 23.4 Å². The van der Waals surface area contributed by atoms with Crippen LogP contribution < -0.4 is 24.5 Å². The topological polar surface area (TPSA) is 111 Å². The number of nitrogens with zero attached hydrogens (tertiary/aromatic N) is 4. The Bertz CT molecular complexity index is 1640. The Kier molecular flexibility index (Phi) is 7.18. The zero-order chi connectivity index (χ0) is 26.6. The number of benzene rings is 3. The molecular weight excluding hydrogens is 508 g/mol. The van der Waals surface area contributed by atoms with Gasteiger partial charge >= 0.3 is 0 Å².